The molecule has 2 rings (SSSR count). The number of benzene rings is 1. The molecule has 1 fully saturated rings. The van der Waals surface area contributed by atoms with E-state index in [4.69, 9.17) is 0 Å². The van der Waals surface area contributed by atoms with Crippen LogP contribution in [0.2, 0.25) is 0 Å². The molecule has 1 aliphatic rings. The Labute approximate surface area is 125 Å². The van der Waals surface area contributed by atoms with Crippen molar-refractivity contribution in [1.29, 1.82) is 0 Å². The Hall–Kier alpha value is -0.820. The summed E-state index contributed by atoms with van der Waals surface area (Å²) in [6.45, 7) is 9.29. The molecule has 112 valence electrons. The zero-order valence-electron chi connectivity index (χ0n) is 13.5. The van der Waals surface area contributed by atoms with Crippen molar-refractivity contribution in [3.05, 3.63) is 35.4 Å². The van der Waals surface area contributed by atoms with E-state index in [2.05, 4.69) is 50.4 Å². The molecule has 0 spiro atoms. The summed E-state index contributed by atoms with van der Waals surface area (Å²) in [7, 11) is 0. The van der Waals surface area contributed by atoms with Gasteiger partial charge in [0, 0.05) is 0 Å². The lowest BCUT2D eigenvalue weighted by Crippen LogP contribution is -2.14. The van der Waals surface area contributed by atoms with Crippen LogP contribution in [-0.4, -0.2) is 13.1 Å². The standard InChI is InChI=1S/C19H31N/c1-19(2,3)18-11-9-17(10-12-18)7-4-6-16-8-5-14-20-15-13-16/h9-12,16,20H,4-8,13-15H2,1-3H3. The Morgan fingerprint density at radius 3 is 2.50 bits per heavy atom. The molecule has 1 atom stereocenters. The fourth-order valence-electron chi connectivity index (χ4n) is 3.15. The second-order valence-corrected chi connectivity index (χ2v) is 7.39. The van der Waals surface area contributed by atoms with Gasteiger partial charge in [0.1, 0.15) is 0 Å². The molecule has 0 aliphatic carbocycles. The van der Waals surface area contributed by atoms with Crippen LogP contribution in [-0.2, 0) is 11.8 Å². The first-order valence-electron chi connectivity index (χ1n) is 8.36. The van der Waals surface area contributed by atoms with Gasteiger partial charge in [0.15, 0.2) is 0 Å². The Kier molecular flexibility index (Phi) is 5.65. The van der Waals surface area contributed by atoms with Gasteiger partial charge in [-0.15, -0.1) is 0 Å². The highest BCUT2D eigenvalue weighted by Gasteiger charge is 2.13. The van der Waals surface area contributed by atoms with Gasteiger partial charge in [-0.1, -0.05) is 51.5 Å². The second kappa shape index (κ2) is 7.26. The maximum absolute atomic E-state index is 3.51. The minimum atomic E-state index is 0.270. The summed E-state index contributed by atoms with van der Waals surface area (Å²) < 4.78 is 0. The van der Waals surface area contributed by atoms with E-state index in [1.165, 1.54) is 62.7 Å². The fraction of sp³-hybridized carbons (Fsp3) is 0.684. The lowest BCUT2D eigenvalue weighted by atomic mass is 9.86. The molecule has 1 unspecified atom stereocenters. The van der Waals surface area contributed by atoms with E-state index in [-0.39, 0.29) is 5.41 Å². The molecule has 0 bridgehead atoms. The topological polar surface area (TPSA) is 12.0 Å². The van der Waals surface area contributed by atoms with Crippen molar-refractivity contribution in [1.82, 2.24) is 5.32 Å². The van der Waals surface area contributed by atoms with Gasteiger partial charge in [0.05, 0.1) is 0 Å². The molecule has 1 heteroatoms. The molecule has 0 amide bonds. The zero-order chi connectivity index (χ0) is 14.4. The predicted octanol–water partition coefficient (Wildman–Crippen LogP) is 4.70. The molecule has 1 aromatic rings. The average Bonchev–Trinajstić information content (AvgIpc) is 2.67. The number of hydrogen-bond acceptors (Lipinski definition) is 1. The van der Waals surface area contributed by atoms with Gasteiger partial charge in [-0.2, -0.15) is 0 Å². The fourth-order valence-corrected chi connectivity index (χ4v) is 3.15. The number of hydrogen-bond donors (Lipinski definition) is 1. The highest BCUT2D eigenvalue weighted by molar-refractivity contribution is 5.27. The summed E-state index contributed by atoms with van der Waals surface area (Å²) in [6.07, 6.45) is 8.17. The minimum Gasteiger partial charge on any atom is -0.317 e. The largest absolute Gasteiger partial charge is 0.317 e. The highest BCUT2D eigenvalue weighted by atomic mass is 14.8. The van der Waals surface area contributed by atoms with Gasteiger partial charge < -0.3 is 5.32 Å². The van der Waals surface area contributed by atoms with Crippen LogP contribution in [0.25, 0.3) is 0 Å². The van der Waals surface area contributed by atoms with Gasteiger partial charge in [0.2, 0.25) is 0 Å². The molecule has 1 heterocycles. The molecule has 0 aromatic heterocycles. The van der Waals surface area contributed by atoms with E-state index in [0.717, 1.165) is 5.92 Å². The van der Waals surface area contributed by atoms with Crippen LogP contribution in [0, 0.1) is 5.92 Å². The molecular weight excluding hydrogens is 242 g/mol. The van der Waals surface area contributed by atoms with Crippen molar-refractivity contribution in [2.24, 2.45) is 5.92 Å². The van der Waals surface area contributed by atoms with Crippen LogP contribution in [0.5, 0.6) is 0 Å². The Bertz CT molecular complexity index is 377. The molecule has 0 radical (unpaired) electrons. The summed E-state index contributed by atoms with van der Waals surface area (Å²) in [5, 5.41) is 3.51. The third-order valence-corrected chi connectivity index (χ3v) is 4.59. The predicted molar refractivity (Wildman–Crippen MR) is 88.3 cm³/mol. The van der Waals surface area contributed by atoms with E-state index in [1.807, 2.05) is 0 Å². The normalized spacial score (nSPS) is 20.6. The average molecular weight is 273 g/mol. The first-order chi connectivity index (χ1) is 9.55. The lowest BCUT2D eigenvalue weighted by Gasteiger charge is -2.19. The Balaban J connectivity index is 1.76. The van der Waals surface area contributed by atoms with Gasteiger partial charge >= 0.3 is 0 Å². The maximum atomic E-state index is 3.51. The SMILES string of the molecule is CC(C)(C)c1ccc(CCCC2CCCNCC2)cc1. The van der Waals surface area contributed by atoms with Gasteiger partial charge in [-0.25, -0.2) is 0 Å². The number of nitrogens with one attached hydrogen (secondary N) is 1. The molecule has 1 nitrogen and oxygen atoms in total. The quantitative estimate of drug-likeness (QED) is 0.838. The molecule has 1 N–H and O–H groups in total. The van der Waals surface area contributed by atoms with E-state index >= 15 is 0 Å². The minimum absolute atomic E-state index is 0.270. The van der Waals surface area contributed by atoms with Crippen LogP contribution >= 0.6 is 0 Å². The van der Waals surface area contributed by atoms with Crippen LogP contribution in [0.15, 0.2) is 24.3 Å². The van der Waals surface area contributed by atoms with E-state index in [9.17, 15) is 0 Å². The maximum Gasteiger partial charge on any atom is -0.00463 e. The number of aryl methyl sites for hydroxylation is 1. The lowest BCUT2D eigenvalue weighted by molar-refractivity contribution is 0.425. The van der Waals surface area contributed by atoms with Crippen LogP contribution in [0.4, 0.5) is 0 Å². The first kappa shape index (κ1) is 15.6. The van der Waals surface area contributed by atoms with E-state index in [1.54, 1.807) is 0 Å². The summed E-state index contributed by atoms with van der Waals surface area (Å²) in [6, 6.07) is 9.28. The monoisotopic (exact) mass is 273 g/mol. The van der Waals surface area contributed by atoms with Gasteiger partial charge in [-0.3, -0.25) is 0 Å². The summed E-state index contributed by atoms with van der Waals surface area (Å²) in [5.41, 5.74) is 3.21. The third-order valence-electron chi connectivity index (χ3n) is 4.59. The molecule has 1 aliphatic heterocycles. The van der Waals surface area contributed by atoms with Gasteiger partial charge in [0.25, 0.3) is 0 Å². The molecule has 1 saturated heterocycles. The molecule has 1 aromatic carbocycles. The van der Waals surface area contributed by atoms with Crippen molar-refractivity contribution in [3.63, 3.8) is 0 Å². The van der Waals surface area contributed by atoms with Crippen molar-refractivity contribution < 1.29 is 0 Å². The van der Waals surface area contributed by atoms with Gasteiger partial charge in [-0.05, 0) is 67.7 Å². The smallest absolute Gasteiger partial charge is 0.00463 e. The van der Waals surface area contributed by atoms with Crippen molar-refractivity contribution in [2.45, 2.75) is 64.7 Å². The summed E-state index contributed by atoms with van der Waals surface area (Å²) >= 11 is 0. The van der Waals surface area contributed by atoms with E-state index in [0.29, 0.717) is 0 Å². The molecular formula is C19H31N. The van der Waals surface area contributed by atoms with Crippen LogP contribution < -0.4 is 5.32 Å². The number of rotatable bonds is 4. The highest BCUT2D eigenvalue weighted by Crippen LogP contribution is 2.24. The second-order valence-electron chi connectivity index (χ2n) is 7.39. The molecule has 0 saturated carbocycles. The van der Waals surface area contributed by atoms with E-state index < -0.39 is 0 Å². The first-order valence-corrected chi connectivity index (χ1v) is 8.36. The Morgan fingerprint density at radius 1 is 1.05 bits per heavy atom. The van der Waals surface area contributed by atoms with Crippen molar-refractivity contribution in [3.8, 4) is 0 Å². The summed E-state index contributed by atoms with van der Waals surface area (Å²) in [4.78, 5) is 0. The zero-order valence-corrected chi connectivity index (χ0v) is 13.5. The summed E-state index contributed by atoms with van der Waals surface area (Å²) in [5.74, 6) is 0.957. The van der Waals surface area contributed by atoms with Crippen molar-refractivity contribution >= 4 is 0 Å². The van der Waals surface area contributed by atoms with Crippen molar-refractivity contribution in [2.75, 3.05) is 13.1 Å². The Morgan fingerprint density at radius 2 is 1.80 bits per heavy atom. The molecule has 20 heavy (non-hydrogen) atoms. The van der Waals surface area contributed by atoms with Crippen LogP contribution in [0.3, 0.4) is 0 Å². The van der Waals surface area contributed by atoms with Crippen LogP contribution in [0.1, 0.15) is 64.0 Å². The third kappa shape index (κ3) is 4.94.